The van der Waals surface area contributed by atoms with Crippen LogP contribution in [0.3, 0.4) is 0 Å². The van der Waals surface area contributed by atoms with Gasteiger partial charge in [0.05, 0.1) is 6.54 Å². The summed E-state index contributed by atoms with van der Waals surface area (Å²) in [6.45, 7) is 6.41. The van der Waals surface area contributed by atoms with Crippen molar-refractivity contribution in [3.63, 3.8) is 0 Å². The van der Waals surface area contributed by atoms with Crippen LogP contribution in [-0.2, 0) is 25.9 Å². The molecule has 1 aliphatic carbocycles. The van der Waals surface area contributed by atoms with Crippen molar-refractivity contribution >= 4 is 0 Å². The molecule has 0 amide bonds. The van der Waals surface area contributed by atoms with E-state index >= 15 is 0 Å². The van der Waals surface area contributed by atoms with E-state index in [9.17, 15) is 0 Å². The summed E-state index contributed by atoms with van der Waals surface area (Å²) < 4.78 is 2.31. The molecule has 1 aromatic carbocycles. The zero-order chi connectivity index (χ0) is 15.1. The molecule has 1 aromatic heterocycles. The Morgan fingerprint density at radius 3 is 3.09 bits per heavy atom. The summed E-state index contributed by atoms with van der Waals surface area (Å²) in [5.41, 5.74) is 4.32. The van der Waals surface area contributed by atoms with Crippen molar-refractivity contribution in [2.24, 2.45) is 5.92 Å². The van der Waals surface area contributed by atoms with Crippen LogP contribution in [0.25, 0.3) is 0 Å². The van der Waals surface area contributed by atoms with Gasteiger partial charge in [-0.2, -0.15) is 0 Å². The highest BCUT2D eigenvalue weighted by molar-refractivity contribution is 5.38. The van der Waals surface area contributed by atoms with Gasteiger partial charge in [-0.1, -0.05) is 30.7 Å². The van der Waals surface area contributed by atoms with Crippen molar-refractivity contribution in [1.82, 2.24) is 20.1 Å². The number of aryl methyl sites for hydroxylation is 2. The third kappa shape index (κ3) is 2.35. The van der Waals surface area contributed by atoms with Crippen LogP contribution in [0.5, 0.6) is 0 Å². The van der Waals surface area contributed by atoms with Crippen LogP contribution in [-0.4, -0.2) is 14.8 Å². The van der Waals surface area contributed by atoms with Crippen molar-refractivity contribution in [2.75, 3.05) is 0 Å². The summed E-state index contributed by atoms with van der Waals surface area (Å²) in [5.74, 6) is 2.90. The zero-order valence-corrected chi connectivity index (χ0v) is 13.5. The lowest BCUT2D eigenvalue weighted by Gasteiger charge is -2.20. The lowest BCUT2D eigenvalue weighted by Crippen LogP contribution is -2.26. The second-order valence-corrected chi connectivity index (χ2v) is 6.88. The molecule has 0 bridgehead atoms. The molecule has 0 saturated carbocycles. The molecular formula is C18H24N4. The molecule has 0 unspecified atom stereocenters. The Kier molecular flexibility index (Phi) is 3.49. The first-order valence-electron chi connectivity index (χ1n) is 8.46. The number of rotatable bonds is 3. The highest BCUT2D eigenvalue weighted by Crippen LogP contribution is 2.36. The number of benzene rings is 1. The summed E-state index contributed by atoms with van der Waals surface area (Å²) in [4.78, 5) is 0. The Balaban J connectivity index is 1.53. The SMILES string of the molecule is Cc1ccc2c(c1)[C@H](NCc1nnc3n1CCCC3)[C@H](C)C2. The normalized spacial score (nSPS) is 23.4. The molecule has 22 heavy (non-hydrogen) atoms. The van der Waals surface area contributed by atoms with Crippen LogP contribution in [0.15, 0.2) is 18.2 Å². The van der Waals surface area contributed by atoms with Gasteiger partial charge in [-0.15, -0.1) is 10.2 Å². The molecular weight excluding hydrogens is 272 g/mol. The van der Waals surface area contributed by atoms with E-state index in [4.69, 9.17) is 0 Å². The summed E-state index contributed by atoms with van der Waals surface area (Å²) in [6, 6.07) is 7.30. The first-order valence-corrected chi connectivity index (χ1v) is 8.46. The van der Waals surface area contributed by atoms with Crippen LogP contribution in [0.4, 0.5) is 0 Å². The zero-order valence-electron chi connectivity index (χ0n) is 13.5. The Morgan fingerprint density at radius 1 is 1.27 bits per heavy atom. The van der Waals surface area contributed by atoms with Gasteiger partial charge in [-0.05, 0) is 43.2 Å². The Labute approximate surface area is 132 Å². The quantitative estimate of drug-likeness (QED) is 0.947. The van der Waals surface area contributed by atoms with Crippen LogP contribution in [0, 0.1) is 12.8 Å². The summed E-state index contributed by atoms with van der Waals surface area (Å²) in [5, 5.41) is 12.5. The van der Waals surface area contributed by atoms with Gasteiger partial charge in [-0.25, -0.2) is 0 Å². The van der Waals surface area contributed by atoms with Crippen molar-refractivity contribution in [3.05, 3.63) is 46.5 Å². The molecule has 0 radical (unpaired) electrons. The molecule has 1 aliphatic heterocycles. The van der Waals surface area contributed by atoms with E-state index in [2.05, 4.69) is 52.1 Å². The van der Waals surface area contributed by atoms with Crippen molar-refractivity contribution < 1.29 is 0 Å². The van der Waals surface area contributed by atoms with E-state index in [-0.39, 0.29) is 0 Å². The average molecular weight is 296 g/mol. The monoisotopic (exact) mass is 296 g/mol. The summed E-state index contributed by atoms with van der Waals surface area (Å²) in [6.07, 6.45) is 4.75. The average Bonchev–Trinajstić information content (AvgIpc) is 3.06. The van der Waals surface area contributed by atoms with Gasteiger partial charge in [-0.3, -0.25) is 0 Å². The fraction of sp³-hybridized carbons (Fsp3) is 0.556. The summed E-state index contributed by atoms with van der Waals surface area (Å²) >= 11 is 0. The molecule has 1 N–H and O–H groups in total. The van der Waals surface area contributed by atoms with Gasteiger partial charge in [0, 0.05) is 19.0 Å². The minimum atomic E-state index is 0.437. The fourth-order valence-corrected chi connectivity index (χ4v) is 3.97. The first kappa shape index (κ1) is 13.9. The van der Waals surface area contributed by atoms with E-state index in [0.29, 0.717) is 12.0 Å². The van der Waals surface area contributed by atoms with Gasteiger partial charge in [0.25, 0.3) is 0 Å². The Bertz CT molecular complexity index is 688. The fourth-order valence-electron chi connectivity index (χ4n) is 3.97. The molecule has 4 heteroatoms. The predicted octanol–water partition coefficient (Wildman–Crippen LogP) is 2.95. The largest absolute Gasteiger partial charge is 0.314 e. The number of nitrogens with one attached hydrogen (secondary N) is 1. The van der Waals surface area contributed by atoms with Gasteiger partial charge in [0.1, 0.15) is 11.6 Å². The molecule has 2 aromatic rings. The highest BCUT2D eigenvalue weighted by atomic mass is 15.3. The summed E-state index contributed by atoms with van der Waals surface area (Å²) in [7, 11) is 0. The van der Waals surface area contributed by atoms with Gasteiger partial charge < -0.3 is 9.88 Å². The molecule has 0 saturated heterocycles. The van der Waals surface area contributed by atoms with E-state index in [1.165, 1.54) is 41.8 Å². The molecule has 4 nitrogen and oxygen atoms in total. The van der Waals surface area contributed by atoms with Crippen LogP contribution >= 0.6 is 0 Å². The maximum absolute atomic E-state index is 4.41. The van der Waals surface area contributed by atoms with Gasteiger partial charge in [0.2, 0.25) is 0 Å². The number of hydrogen-bond donors (Lipinski definition) is 1. The Morgan fingerprint density at radius 2 is 2.18 bits per heavy atom. The van der Waals surface area contributed by atoms with Crippen LogP contribution < -0.4 is 5.32 Å². The maximum atomic E-state index is 4.41. The molecule has 0 spiro atoms. The standard InChI is InChI=1S/C18H24N4/c1-12-6-7-14-10-13(2)18(15(14)9-12)19-11-17-21-20-16-5-3-4-8-22(16)17/h6-7,9,13,18-19H,3-5,8,10-11H2,1-2H3/t13-,18-/m1/s1. The number of fused-ring (bicyclic) bond motifs is 2. The second kappa shape index (κ2) is 5.51. The lowest BCUT2D eigenvalue weighted by molar-refractivity contribution is 0.401. The lowest BCUT2D eigenvalue weighted by atomic mass is 10.0. The molecule has 116 valence electrons. The highest BCUT2D eigenvalue weighted by Gasteiger charge is 2.29. The third-order valence-corrected chi connectivity index (χ3v) is 5.16. The number of nitrogens with zero attached hydrogens (tertiary/aromatic N) is 3. The van der Waals surface area contributed by atoms with E-state index in [0.717, 1.165) is 25.3 Å². The predicted molar refractivity (Wildman–Crippen MR) is 86.6 cm³/mol. The van der Waals surface area contributed by atoms with E-state index < -0.39 is 0 Å². The molecule has 4 rings (SSSR count). The number of aromatic nitrogens is 3. The maximum Gasteiger partial charge on any atom is 0.147 e. The molecule has 2 aliphatic rings. The van der Waals surface area contributed by atoms with E-state index in [1.807, 2.05) is 0 Å². The second-order valence-electron chi connectivity index (χ2n) is 6.88. The smallest absolute Gasteiger partial charge is 0.147 e. The number of hydrogen-bond acceptors (Lipinski definition) is 3. The molecule has 0 fully saturated rings. The molecule has 2 heterocycles. The van der Waals surface area contributed by atoms with Crippen molar-refractivity contribution in [1.29, 1.82) is 0 Å². The van der Waals surface area contributed by atoms with Gasteiger partial charge in [0.15, 0.2) is 0 Å². The third-order valence-electron chi connectivity index (χ3n) is 5.16. The van der Waals surface area contributed by atoms with Crippen LogP contribution in [0.2, 0.25) is 0 Å². The molecule has 2 atom stereocenters. The van der Waals surface area contributed by atoms with E-state index in [1.54, 1.807) is 0 Å². The topological polar surface area (TPSA) is 42.7 Å². The van der Waals surface area contributed by atoms with Gasteiger partial charge >= 0.3 is 0 Å². The minimum Gasteiger partial charge on any atom is -0.314 e. The van der Waals surface area contributed by atoms with Crippen molar-refractivity contribution in [3.8, 4) is 0 Å². The van der Waals surface area contributed by atoms with Crippen molar-refractivity contribution in [2.45, 2.75) is 58.7 Å². The first-order chi connectivity index (χ1) is 10.7. The minimum absolute atomic E-state index is 0.437. The van der Waals surface area contributed by atoms with Crippen LogP contribution in [0.1, 0.15) is 54.1 Å². The Hall–Kier alpha value is -1.68.